The number of hydrogen-bond donors (Lipinski definition) is 2. The molecule has 1 aliphatic rings. The Hall–Kier alpha value is -2.55. The summed E-state index contributed by atoms with van der Waals surface area (Å²) in [6, 6.07) is 18.7. The van der Waals surface area contributed by atoms with Crippen LogP contribution in [0.1, 0.15) is 18.1 Å². The van der Waals surface area contributed by atoms with Crippen molar-refractivity contribution in [1.82, 2.24) is 5.32 Å². The Kier molecular flexibility index (Phi) is 9.40. The topological polar surface area (TPSA) is 86.3 Å². The number of carbonyl (C=O) groups excluding carboxylic acids is 1. The highest BCUT2D eigenvalue weighted by molar-refractivity contribution is 5.73. The number of ether oxygens (including phenoxy) is 4. The summed E-state index contributed by atoms with van der Waals surface area (Å²) in [6.07, 6.45) is -1.50. The Morgan fingerprint density at radius 2 is 1.66 bits per heavy atom. The van der Waals surface area contributed by atoms with Crippen LogP contribution in [0.25, 0.3) is 0 Å². The van der Waals surface area contributed by atoms with Gasteiger partial charge in [-0.15, -0.1) is 6.58 Å². The Morgan fingerprint density at radius 1 is 1.03 bits per heavy atom. The van der Waals surface area contributed by atoms with Gasteiger partial charge in [0.1, 0.15) is 24.4 Å². The number of aliphatic hydroxyl groups is 1. The minimum atomic E-state index is -1.27. The Balaban J connectivity index is 1.75. The summed E-state index contributed by atoms with van der Waals surface area (Å²) in [7, 11) is 0. The number of rotatable bonds is 11. The molecule has 1 heterocycles. The molecule has 0 spiro atoms. The first kappa shape index (κ1) is 24.1. The number of amides is 1. The highest BCUT2D eigenvalue weighted by atomic mass is 16.7. The van der Waals surface area contributed by atoms with Gasteiger partial charge in [0.25, 0.3) is 0 Å². The van der Waals surface area contributed by atoms with Crippen LogP contribution in [0.5, 0.6) is 0 Å². The lowest BCUT2D eigenvalue weighted by Crippen LogP contribution is -2.65. The van der Waals surface area contributed by atoms with Crippen LogP contribution in [-0.2, 0) is 37.0 Å². The molecular formula is C25H31NO6. The van der Waals surface area contributed by atoms with E-state index in [0.717, 1.165) is 11.1 Å². The maximum Gasteiger partial charge on any atom is 0.217 e. The van der Waals surface area contributed by atoms with Crippen LogP contribution in [-0.4, -0.2) is 54.9 Å². The fourth-order valence-corrected chi connectivity index (χ4v) is 3.66. The minimum absolute atomic E-state index is 0.187. The second-order valence-electron chi connectivity index (χ2n) is 7.64. The van der Waals surface area contributed by atoms with Gasteiger partial charge in [0.15, 0.2) is 6.29 Å². The van der Waals surface area contributed by atoms with Crippen LogP contribution in [0.15, 0.2) is 73.3 Å². The quantitative estimate of drug-likeness (QED) is 0.522. The standard InChI is InChI=1S/C25H31NO6/c1-3-14-30-24-22(26-18(2)27)25(28)32-21(17-29-15-19-10-6-4-7-11-19)23(24)31-16-20-12-8-5-9-13-20/h3-13,21-25,28H,1,14-17H2,2H3,(H,26,27)/t21-,22-,23+,24-,25+/m1/s1. The molecule has 0 bridgehead atoms. The Morgan fingerprint density at radius 3 is 2.25 bits per heavy atom. The Bertz CT molecular complexity index is 831. The molecule has 5 atom stereocenters. The third kappa shape index (κ3) is 6.98. The van der Waals surface area contributed by atoms with E-state index >= 15 is 0 Å². The van der Waals surface area contributed by atoms with Crippen LogP contribution >= 0.6 is 0 Å². The maximum atomic E-state index is 11.8. The van der Waals surface area contributed by atoms with Gasteiger partial charge in [-0.3, -0.25) is 4.79 Å². The fraction of sp³-hybridized carbons (Fsp3) is 0.400. The van der Waals surface area contributed by atoms with E-state index in [1.807, 2.05) is 60.7 Å². The van der Waals surface area contributed by atoms with Crippen molar-refractivity contribution in [3.8, 4) is 0 Å². The van der Waals surface area contributed by atoms with E-state index in [1.54, 1.807) is 6.08 Å². The third-order valence-corrected chi connectivity index (χ3v) is 5.12. The van der Waals surface area contributed by atoms with Gasteiger partial charge >= 0.3 is 0 Å². The molecule has 2 aromatic carbocycles. The predicted octanol–water partition coefficient (Wildman–Crippen LogP) is 2.58. The summed E-state index contributed by atoms with van der Waals surface area (Å²) in [5.74, 6) is -0.301. The SMILES string of the molecule is C=CCO[C@@H]1[C@@H](NC(C)=O)[C@@H](O)O[C@H](COCc2ccccc2)[C@@H]1OCc1ccccc1. The summed E-state index contributed by atoms with van der Waals surface area (Å²) >= 11 is 0. The first-order chi connectivity index (χ1) is 15.6. The molecule has 0 aliphatic carbocycles. The monoisotopic (exact) mass is 441 g/mol. The number of carbonyl (C=O) groups is 1. The van der Waals surface area contributed by atoms with Gasteiger partial charge in [-0.05, 0) is 11.1 Å². The van der Waals surface area contributed by atoms with E-state index < -0.39 is 30.6 Å². The molecule has 0 radical (unpaired) electrons. The van der Waals surface area contributed by atoms with Crippen molar-refractivity contribution in [2.45, 2.75) is 50.8 Å². The zero-order valence-corrected chi connectivity index (χ0v) is 18.3. The van der Waals surface area contributed by atoms with Gasteiger partial charge < -0.3 is 29.4 Å². The van der Waals surface area contributed by atoms with Crippen molar-refractivity contribution < 1.29 is 28.8 Å². The lowest BCUT2D eigenvalue weighted by molar-refractivity contribution is -0.274. The average Bonchev–Trinajstić information content (AvgIpc) is 2.80. The van der Waals surface area contributed by atoms with Crippen molar-refractivity contribution in [3.63, 3.8) is 0 Å². The highest BCUT2D eigenvalue weighted by Crippen LogP contribution is 2.27. The lowest BCUT2D eigenvalue weighted by Gasteiger charge is -2.44. The number of nitrogens with one attached hydrogen (secondary N) is 1. The predicted molar refractivity (Wildman–Crippen MR) is 120 cm³/mol. The van der Waals surface area contributed by atoms with E-state index in [4.69, 9.17) is 18.9 Å². The van der Waals surface area contributed by atoms with Crippen LogP contribution in [0.2, 0.25) is 0 Å². The maximum absolute atomic E-state index is 11.8. The normalized spacial score (nSPS) is 25.2. The van der Waals surface area contributed by atoms with E-state index in [9.17, 15) is 9.90 Å². The van der Waals surface area contributed by atoms with E-state index in [-0.39, 0.29) is 19.1 Å². The van der Waals surface area contributed by atoms with E-state index in [0.29, 0.717) is 13.2 Å². The largest absolute Gasteiger partial charge is 0.374 e. The first-order valence-corrected chi connectivity index (χ1v) is 10.7. The second kappa shape index (κ2) is 12.5. The molecule has 0 saturated carbocycles. The van der Waals surface area contributed by atoms with Gasteiger partial charge in [-0.25, -0.2) is 0 Å². The van der Waals surface area contributed by atoms with Crippen LogP contribution in [0.4, 0.5) is 0 Å². The van der Waals surface area contributed by atoms with Gasteiger partial charge in [-0.2, -0.15) is 0 Å². The van der Waals surface area contributed by atoms with E-state index in [2.05, 4.69) is 11.9 Å². The van der Waals surface area contributed by atoms with Crippen molar-refractivity contribution in [2.24, 2.45) is 0 Å². The first-order valence-electron chi connectivity index (χ1n) is 10.7. The molecular weight excluding hydrogens is 410 g/mol. The number of benzene rings is 2. The van der Waals surface area contributed by atoms with Crippen molar-refractivity contribution in [1.29, 1.82) is 0 Å². The average molecular weight is 442 g/mol. The molecule has 1 aliphatic heterocycles. The summed E-state index contributed by atoms with van der Waals surface area (Å²) in [4.78, 5) is 11.8. The summed E-state index contributed by atoms with van der Waals surface area (Å²) in [5.41, 5.74) is 2.02. The van der Waals surface area contributed by atoms with Crippen molar-refractivity contribution in [3.05, 3.63) is 84.4 Å². The van der Waals surface area contributed by atoms with Gasteiger partial charge in [0.05, 0.1) is 26.4 Å². The molecule has 1 saturated heterocycles. The van der Waals surface area contributed by atoms with Gasteiger partial charge in [0, 0.05) is 6.92 Å². The summed E-state index contributed by atoms with van der Waals surface area (Å²) in [5, 5.41) is 13.4. The minimum Gasteiger partial charge on any atom is -0.374 e. The van der Waals surface area contributed by atoms with Crippen LogP contribution < -0.4 is 5.32 Å². The summed E-state index contributed by atoms with van der Waals surface area (Å²) in [6.45, 7) is 6.22. The zero-order chi connectivity index (χ0) is 22.8. The Labute approximate surface area is 188 Å². The molecule has 2 aromatic rings. The molecule has 0 aromatic heterocycles. The molecule has 0 unspecified atom stereocenters. The molecule has 172 valence electrons. The van der Waals surface area contributed by atoms with E-state index in [1.165, 1.54) is 6.92 Å². The fourth-order valence-electron chi connectivity index (χ4n) is 3.66. The molecule has 7 heteroatoms. The van der Waals surface area contributed by atoms with Gasteiger partial charge in [0.2, 0.25) is 5.91 Å². The number of aliphatic hydroxyl groups excluding tert-OH is 1. The second-order valence-corrected chi connectivity index (χ2v) is 7.64. The lowest BCUT2D eigenvalue weighted by atomic mass is 9.96. The molecule has 2 N–H and O–H groups in total. The summed E-state index contributed by atoms with van der Waals surface area (Å²) < 4.78 is 23.9. The van der Waals surface area contributed by atoms with Crippen molar-refractivity contribution in [2.75, 3.05) is 13.2 Å². The molecule has 3 rings (SSSR count). The smallest absolute Gasteiger partial charge is 0.217 e. The third-order valence-electron chi connectivity index (χ3n) is 5.12. The van der Waals surface area contributed by atoms with Crippen molar-refractivity contribution >= 4 is 5.91 Å². The molecule has 7 nitrogen and oxygen atoms in total. The number of hydrogen-bond acceptors (Lipinski definition) is 6. The molecule has 32 heavy (non-hydrogen) atoms. The highest BCUT2D eigenvalue weighted by Gasteiger charge is 2.47. The van der Waals surface area contributed by atoms with Gasteiger partial charge in [-0.1, -0.05) is 66.7 Å². The zero-order valence-electron chi connectivity index (χ0n) is 18.3. The molecule has 1 amide bonds. The molecule has 1 fully saturated rings. The van der Waals surface area contributed by atoms with Crippen LogP contribution in [0, 0.1) is 0 Å². The van der Waals surface area contributed by atoms with Crippen LogP contribution in [0.3, 0.4) is 0 Å².